The van der Waals surface area contributed by atoms with E-state index in [1.54, 1.807) is 7.11 Å². The maximum Gasteiger partial charge on any atom is 0.0568 e. The second-order valence-electron chi connectivity index (χ2n) is 6.39. The summed E-state index contributed by atoms with van der Waals surface area (Å²) in [6.45, 7) is 0.677. The first-order valence-corrected chi connectivity index (χ1v) is 8.71. The van der Waals surface area contributed by atoms with Crippen LogP contribution in [0.3, 0.4) is 0 Å². The molecule has 0 aliphatic carbocycles. The third-order valence-electron chi connectivity index (χ3n) is 4.65. The molecule has 0 saturated carbocycles. The van der Waals surface area contributed by atoms with E-state index in [0.717, 1.165) is 28.8 Å². The van der Waals surface area contributed by atoms with Gasteiger partial charge in [-0.05, 0) is 16.5 Å². The van der Waals surface area contributed by atoms with Gasteiger partial charge >= 0.3 is 0 Å². The molecule has 0 fully saturated rings. The Bertz CT molecular complexity index is 1030. The van der Waals surface area contributed by atoms with Crippen LogP contribution in [0, 0.1) is 0 Å². The standard InChI is InChI=1S/C22H21N3O/c1-25-15-18(13-24-25)16-7-9-17(10-8-16)21-14-23-22(11-12-26-2)20-6-4-3-5-19(20)21/h3-10,13-15H,11-12H2,1-2H3. The Morgan fingerprint density at radius 1 is 0.885 bits per heavy atom. The largest absolute Gasteiger partial charge is 0.384 e. The molecule has 2 aromatic heterocycles. The van der Waals surface area contributed by atoms with E-state index in [2.05, 4.69) is 53.6 Å². The van der Waals surface area contributed by atoms with Crippen molar-refractivity contribution in [3.8, 4) is 22.3 Å². The third kappa shape index (κ3) is 3.11. The highest BCUT2D eigenvalue weighted by atomic mass is 16.5. The van der Waals surface area contributed by atoms with Gasteiger partial charge in [0.05, 0.1) is 18.5 Å². The summed E-state index contributed by atoms with van der Waals surface area (Å²) < 4.78 is 7.04. The van der Waals surface area contributed by atoms with Crippen LogP contribution in [-0.2, 0) is 18.2 Å². The van der Waals surface area contributed by atoms with Crippen molar-refractivity contribution in [2.24, 2.45) is 7.05 Å². The summed E-state index contributed by atoms with van der Waals surface area (Å²) in [5.74, 6) is 0. The minimum atomic E-state index is 0.677. The first kappa shape index (κ1) is 16.5. The molecule has 0 radical (unpaired) electrons. The number of ether oxygens (including phenoxy) is 1. The van der Waals surface area contributed by atoms with Crippen LogP contribution >= 0.6 is 0 Å². The Hall–Kier alpha value is -2.98. The highest BCUT2D eigenvalue weighted by molar-refractivity contribution is 5.97. The molecule has 130 valence electrons. The third-order valence-corrected chi connectivity index (χ3v) is 4.65. The Labute approximate surface area is 153 Å². The van der Waals surface area contributed by atoms with Gasteiger partial charge in [0, 0.05) is 49.5 Å². The molecule has 0 unspecified atom stereocenters. The molecule has 4 rings (SSSR count). The number of hydrogen-bond acceptors (Lipinski definition) is 3. The first-order chi connectivity index (χ1) is 12.8. The number of aromatic nitrogens is 3. The van der Waals surface area contributed by atoms with E-state index in [9.17, 15) is 0 Å². The summed E-state index contributed by atoms with van der Waals surface area (Å²) in [5.41, 5.74) is 5.69. The van der Waals surface area contributed by atoms with Gasteiger partial charge in [0.15, 0.2) is 0 Å². The van der Waals surface area contributed by atoms with Crippen LogP contribution in [0.4, 0.5) is 0 Å². The normalized spacial score (nSPS) is 11.2. The zero-order chi connectivity index (χ0) is 17.9. The SMILES string of the molecule is COCCc1ncc(-c2ccc(-c3cnn(C)c3)cc2)c2ccccc12. The maximum atomic E-state index is 5.22. The fourth-order valence-electron chi connectivity index (χ4n) is 3.29. The van der Waals surface area contributed by atoms with Gasteiger partial charge in [0.2, 0.25) is 0 Å². The van der Waals surface area contributed by atoms with E-state index >= 15 is 0 Å². The van der Waals surface area contributed by atoms with Crippen molar-refractivity contribution in [1.82, 2.24) is 14.8 Å². The molecule has 0 bridgehead atoms. The molecular weight excluding hydrogens is 322 g/mol. The molecule has 0 spiro atoms. The van der Waals surface area contributed by atoms with E-state index < -0.39 is 0 Å². The first-order valence-electron chi connectivity index (χ1n) is 8.71. The second-order valence-corrected chi connectivity index (χ2v) is 6.39. The van der Waals surface area contributed by atoms with Crippen molar-refractivity contribution in [1.29, 1.82) is 0 Å². The fraction of sp³-hybridized carbons (Fsp3) is 0.182. The van der Waals surface area contributed by atoms with Crippen molar-refractivity contribution in [2.45, 2.75) is 6.42 Å². The summed E-state index contributed by atoms with van der Waals surface area (Å²) in [5, 5.41) is 6.66. The van der Waals surface area contributed by atoms with Crippen LogP contribution in [0.5, 0.6) is 0 Å². The Morgan fingerprint density at radius 2 is 1.62 bits per heavy atom. The average Bonchev–Trinajstić information content (AvgIpc) is 3.12. The summed E-state index contributed by atoms with van der Waals surface area (Å²) in [4.78, 5) is 4.71. The summed E-state index contributed by atoms with van der Waals surface area (Å²) in [7, 11) is 3.65. The van der Waals surface area contributed by atoms with Crippen LogP contribution in [0.15, 0.2) is 67.1 Å². The topological polar surface area (TPSA) is 39.9 Å². The molecule has 4 nitrogen and oxygen atoms in total. The molecule has 0 saturated heterocycles. The van der Waals surface area contributed by atoms with E-state index in [1.165, 1.54) is 16.3 Å². The molecule has 26 heavy (non-hydrogen) atoms. The Kier molecular flexibility index (Phi) is 4.50. The predicted molar refractivity (Wildman–Crippen MR) is 105 cm³/mol. The zero-order valence-electron chi connectivity index (χ0n) is 15.0. The van der Waals surface area contributed by atoms with Crippen LogP contribution in [0.1, 0.15) is 5.69 Å². The predicted octanol–water partition coefficient (Wildman–Crippen LogP) is 4.49. The smallest absolute Gasteiger partial charge is 0.0568 e. The highest BCUT2D eigenvalue weighted by Gasteiger charge is 2.09. The minimum absolute atomic E-state index is 0.677. The molecule has 0 N–H and O–H groups in total. The number of rotatable bonds is 5. The van der Waals surface area contributed by atoms with Crippen molar-refractivity contribution in [2.75, 3.05) is 13.7 Å². The molecule has 2 heterocycles. The van der Waals surface area contributed by atoms with E-state index in [0.29, 0.717) is 6.61 Å². The fourth-order valence-corrected chi connectivity index (χ4v) is 3.29. The number of hydrogen-bond donors (Lipinski definition) is 0. The number of pyridine rings is 1. The van der Waals surface area contributed by atoms with E-state index in [1.807, 2.05) is 30.3 Å². The molecule has 2 aromatic carbocycles. The van der Waals surface area contributed by atoms with Crippen molar-refractivity contribution >= 4 is 10.8 Å². The van der Waals surface area contributed by atoms with Gasteiger partial charge in [-0.25, -0.2) is 0 Å². The molecule has 0 aliphatic heterocycles. The van der Waals surface area contributed by atoms with Crippen molar-refractivity contribution < 1.29 is 4.74 Å². The number of benzene rings is 2. The van der Waals surface area contributed by atoms with Crippen LogP contribution in [-0.4, -0.2) is 28.5 Å². The summed E-state index contributed by atoms with van der Waals surface area (Å²) >= 11 is 0. The zero-order valence-corrected chi connectivity index (χ0v) is 15.0. The van der Waals surface area contributed by atoms with Gasteiger partial charge in [-0.15, -0.1) is 0 Å². The van der Waals surface area contributed by atoms with Gasteiger partial charge < -0.3 is 4.74 Å². The Balaban J connectivity index is 1.75. The van der Waals surface area contributed by atoms with Gasteiger partial charge in [0.1, 0.15) is 0 Å². The lowest BCUT2D eigenvalue weighted by Crippen LogP contribution is -1.99. The average molecular weight is 343 g/mol. The molecule has 0 aliphatic rings. The van der Waals surface area contributed by atoms with Crippen molar-refractivity contribution in [3.05, 3.63) is 72.8 Å². The number of aryl methyl sites for hydroxylation is 1. The Morgan fingerprint density at radius 3 is 2.31 bits per heavy atom. The minimum Gasteiger partial charge on any atom is -0.384 e. The lowest BCUT2D eigenvalue weighted by atomic mass is 9.97. The number of methoxy groups -OCH3 is 1. The van der Waals surface area contributed by atoms with Crippen LogP contribution in [0.2, 0.25) is 0 Å². The molecule has 0 amide bonds. The maximum absolute atomic E-state index is 5.22. The van der Waals surface area contributed by atoms with Gasteiger partial charge in [0.25, 0.3) is 0 Å². The van der Waals surface area contributed by atoms with Crippen LogP contribution < -0.4 is 0 Å². The van der Waals surface area contributed by atoms with Crippen LogP contribution in [0.25, 0.3) is 33.0 Å². The summed E-state index contributed by atoms with van der Waals surface area (Å²) in [6.07, 6.45) is 6.71. The van der Waals surface area contributed by atoms with Crippen molar-refractivity contribution in [3.63, 3.8) is 0 Å². The molecular formula is C22H21N3O. The lowest BCUT2D eigenvalue weighted by molar-refractivity contribution is 0.202. The van der Waals surface area contributed by atoms with Gasteiger partial charge in [-0.3, -0.25) is 9.67 Å². The lowest BCUT2D eigenvalue weighted by Gasteiger charge is -2.11. The molecule has 4 heteroatoms. The van der Waals surface area contributed by atoms with Gasteiger partial charge in [-0.2, -0.15) is 5.10 Å². The summed E-state index contributed by atoms with van der Waals surface area (Å²) in [6, 6.07) is 17.0. The number of nitrogens with zero attached hydrogens (tertiary/aromatic N) is 3. The number of fused-ring (bicyclic) bond motifs is 1. The quantitative estimate of drug-likeness (QED) is 0.536. The monoisotopic (exact) mass is 343 g/mol. The van der Waals surface area contributed by atoms with Gasteiger partial charge in [-0.1, -0.05) is 48.5 Å². The van der Waals surface area contributed by atoms with E-state index in [4.69, 9.17) is 9.72 Å². The molecule has 0 atom stereocenters. The highest BCUT2D eigenvalue weighted by Crippen LogP contribution is 2.31. The molecule has 4 aromatic rings. The second kappa shape index (κ2) is 7.10. The van der Waals surface area contributed by atoms with E-state index in [-0.39, 0.29) is 0 Å².